The number of rotatable bonds is 6. The van der Waals surface area contributed by atoms with E-state index in [1.165, 1.54) is 19.9 Å². The van der Waals surface area contributed by atoms with Gasteiger partial charge in [-0.1, -0.05) is 42.5 Å². The van der Waals surface area contributed by atoms with Crippen LogP contribution in [0, 0.1) is 5.41 Å². The number of esters is 2. The molecule has 0 fully saturated rings. The predicted octanol–water partition coefficient (Wildman–Crippen LogP) is 4.61. The van der Waals surface area contributed by atoms with Gasteiger partial charge in [-0.25, -0.2) is 4.98 Å². The van der Waals surface area contributed by atoms with Gasteiger partial charge >= 0.3 is 17.9 Å². The van der Waals surface area contributed by atoms with Gasteiger partial charge in [0.1, 0.15) is 5.69 Å². The highest BCUT2D eigenvalue weighted by Gasteiger charge is 2.65. The second kappa shape index (κ2) is 7.73. The van der Waals surface area contributed by atoms with E-state index in [0.717, 1.165) is 6.92 Å². The van der Waals surface area contributed by atoms with Crippen LogP contribution in [0.15, 0.2) is 48.5 Å². The highest BCUT2D eigenvalue weighted by molar-refractivity contribution is 6.08. The molecular weight excluding hydrogens is 380 g/mol. The minimum atomic E-state index is -3.99. The summed E-state index contributed by atoms with van der Waals surface area (Å²) in [5.41, 5.74) is -3.23. The average Bonchev–Trinajstić information content (AvgIpc) is 2.72. The molecule has 1 aromatic heterocycles. The fourth-order valence-corrected chi connectivity index (χ4v) is 3.27. The molecule has 0 atom stereocenters. The number of para-hydroxylation sites is 1. The van der Waals surface area contributed by atoms with Gasteiger partial charge in [-0.2, -0.15) is 8.78 Å². The standard InChI is InChI=1S/C22H21F2NO4/c1-4-28-19(26)21(3,20(27)29-5-2)22(23,24)18-16-12-7-6-10-14(16)15-11-8-9-13-17(15)25-18/h6-13H,4-5H2,1-3H3. The monoisotopic (exact) mass is 401 g/mol. The maximum Gasteiger partial charge on any atom is 0.329 e. The van der Waals surface area contributed by atoms with Crippen LogP contribution < -0.4 is 0 Å². The number of ether oxygens (including phenoxy) is 2. The minimum absolute atomic E-state index is 0.149. The van der Waals surface area contributed by atoms with Gasteiger partial charge in [-0.15, -0.1) is 0 Å². The molecule has 152 valence electrons. The predicted molar refractivity (Wildman–Crippen MR) is 105 cm³/mol. The molecule has 0 spiro atoms. The third-order valence-electron chi connectivity index (χ3n) is 4.90. The Morgan fingerprint density at radius 3 is 1.90 bits per heavy atom. The zero-order chi connectivity index (χ0) is 21.2. The molecule has 0 unspecified atom stereocenters. The largest absolute Gasteiger partial charge is 0.465 e. The van der Waals surface area contributed by atoms with Crippen molar-refractivity contribution in [3.05, 3.63) is 54.2 Å². The van der Waals surface area contributed by atoms with Crippen LogP contribution in [0.25, 0.3) is 21.7 Å². The van der Waals surface area contributed by atoms with Crippen molar-refractivity contribution < 1.29 is 27.8 Å². The number of pyridine rings is 1. The van der Waals surface area contributed by atoms with Gasteiger partial charge in [0.05, 0.1) is 18.7 Å². The van der Waals surface area contributed by atoms with E-state index >= 15 is 8.78 Å². The van der Waals surface area contributed by atoms with Crippen molar-refractivity contribution in [3.63, 3.8) is 0 Å². The van der Waals surface area contributed by atoms with Crippen LogP contribution in [-0.2, 0) is 25.0 Å². The van der Waals surface area contributed by atoms with Gasteiger partial charge in [0.2, 0.25) is 5.41 Å². The summed E-state index contributed by atoms with van der Waals surface area (Å²) >= 11 is 0. The van der Waals surface area contributed by atoms with Crippen molar-refractivity contribution in [2.24, 2.45) is 5.41 Å². The fraction of sp³-hybridized carbons (Fsp3) is 0.318. The molecule has 0 saturated carbocycles. The number of halogens is 2. The molecule has 0 N–H and O–H groups in total. The number of hydrogen-bond acceptors (Lipinski definition) is 5. The van der Waals surface area contributed by atoms with Crippen molar-refractivity contribution in [2.75, 3.05) is 13.2 Å². The van der Waals surface area contributed by atoms with Crippen LogP contribution in [0.2, 0.25) is 0 Å². The lowest BCUT2D eigenvalue weighted by atomic mass is 9.79. The smallest absolute Gasteiger partial charge is 0.329 e. The van der Waals surface area contributed by atoms with Crippen LogP contribution >= 0.6 is 0 Å². The zero-order valence-electron chi connectivity index (χ0n) is 16.4. The Balaban J connectivity index is 2.34. The van der Waals surface area contributed by atoms with E-state index in [1.54, 1.807) is 42.5 Å². The van der Waals surface area contributed by atoms with E-state index in [9.17, 15) is 9.59 Å². The highest BCUT2D eigenvalue weighted by Crippen LogP contribution is 2.49. The molecule has 0 saturated heterocycles. The molecule has 29 heavy (non-hydrogen) atoms. The molecule has 1 heterocycles. The molecule has 0 aliphatic carbocycles. The van der Waals surface area contributed by atoms with E-state index in [0.29, 0.717) is 16.3 Å². The highest BCUT2D eigenvalue weighted by atomic mass is 19.3. The first kappa shape index (κ1) is 20.6. The summed E-state index contributed by atoms with van der Waals surface area (Å²) in [6.07, 6.45) is 0. The quantitative estimate of drug-likeness (QED) is 0.343. The zero-order valence-corrected chi connectivity index (χ0v) is 16.4. The van der Waals surface area contributed by atoms with Gasteiger partial charge < -0.3 is 9.47 Å². The Morgan fingerprint density at radius 2 is 1.34 bits per heavy atom. The molecule has 0 amide bonds. The van der Waals surface area contributed by atoms with Crippen LogP contribution in [0.1, 0.15) is 26.5 Å². The summed E-state index contributed by atoms with van der Waals surface area (Å²) in [5.74, 6) is -6.71. The second-order valence-electron chi connectivity index (χ2n) is 6.66. The third-order valence-corrected chi connectivity index (χ3v) is 4.90. The summed E-state index contributed by atoms with van der Waals surface area (Å²) in [7, 11) is 0. The number of aromatic nitrogens is 1. The van der Waals surface area contributed by atoms with Crippen LogP contribution in [0.4, 0.5) is 8.78 Å². The summed E-state index contributed by atoms with van der Waals surface area (Å²) in [6.45, 7) is 3.48. The molecule has 7 heteroatoms. The lowest BCUT2D eigenvalue weighted by Crippen LogP contribution is -2.51. The van der Waals surface area contributed by atoms with Gasteiger partial charge in [0.25, 0.3) is 0 Å². The number of hydrogen-bond donors (Lipinski definition) is 0. The van der Waals surface area contributed by atoms with E-state index < -0.39 is 29.0 Å². The van der Waals surface area contributed by atoms with Crippen molar-refractivity contribution in [2.45, 2.75) is 26.7 Å². The Kier molecular flexibility index (Phi) is 5.50. The van der Waals surface area contributed by atoms with E-state index in [-0.39, 0.29) is 18.6 Å². The van der Waals surface area contributed by atoms with Crippen LogP contribution in [0.5, 0.6) is 0 Å². The first-order chi connectivity index (χ1) is 13.8. The molecule has 0 aliphatic rings. The summed E-state index contributed by atoms with van der Waals surface area (Å²) < 4.78 is 41.6. The first-order valence-electron chi connectivity index (χ1n) is 9.29. The number of fused-ring (bicyclic) bond motifs is 3. The van der Waals surface area contributed by atoms with Crippen LogP contribution in [-0.4, -0.2) is 30.1 Å². The Morgan fingerprint density at radius 1 is 0.862 bits per heavy atom. The number of benzene rings is 2. The normalized spacial score (nSPS) is 12.2. The van der Waals surface area contributed by atoms with Gasteiger partial charge in [-0.3, -0.25) is 9.59 Å². The molecule has 3 aromatic rings. The van der Waals surface area contributed by atoms with Crippen molar-refractivity contribution in [1.29, 1.82) is 0 Å². The van der Waals surface area contributed by atoms with Crippen LogP contribution in [0.3, 0.4) is 0 Å². The maximum atomic E-state index is 15.9. The third kappa shape index (κ3) is 3.20. The Hall–Kier alpha value is -3.09. The lowest BCUT2D eigenvalue weighted by Gasteiger charge is -2.33. The van der Waals surface area contributed by atoms with Gasteiger partial charge in [-0.05, 0) is 32.2 Å². The van der Waals surface area contributed by atoms with Crippen molar-refractivity contribution in [1.82, 2.24) is 4.98 Å². The molecule has 0 aliphatic heterocycles. The van der Waals surface area contributed by atoms with Crippen molar-refractivity contribution in [3.8, 4) is 0 Å². The number of alkyl halides is 2. The molecule has 2 aromatic carbocycles. The topological polar surface area (TPSA) is 65.5 Å². The average molecular weight is 401 g/mol. The number of carbonyl (C=O) groups excluding carboxylic acids is 2. The maximum absolute atomic E-state index is 15.9. The lowest BCUT2D eigenvalue weighted by molar-refractivity contribution is -0.202. The molecule has 0 radical (unpaired) electrons. The first-order valence-corrected chi connectivity index (χ1v) is 9.29. The SMILES string of the molecule is CCOC(=O)C(C)(C(=O)OCC)C(F)(F)c1nc2ccccc2c2ccccc12. The molecule has 0 bridgehead atoms. The second-order valence-corrected chi connectivity index (χ2v) is 6.66. The Bertz CT molecular complexity index is 1060. The van der Waals surface area contributed by atoms with E-state index in [2.05, 4.69) is 4.98 Å². The van der Waals surface area contributed by atoms with E-state index in [1.807, 2.05) is 0 Å². The van der Waals surface area contributed by atoms with E-state index in [4.69, 9.17) is 9.47 Å². The molecule has 3 rings (SSSR count). The molecular formula is C22H21F2NO4. The minimum Gasteiger partial charge on any atom is -0.465 e. The van der Waals surface area contributed by atoms with Crippen molar-refractivity contribution >= 4 is 33.6 Å². The number of nitrogens with zero attached hydrogens (tertiary/aromatic N) is 1. The molecule has 5 nitrogen and oxygen atoms in total. The summed E-state index contributed by atoms with van der Waals surface area (Å²) in [5, 5.41) is 1.38. The summed E-state index contributed by atoms with van der Waals surface area (Å²) in [4.78, 5) is 29.3. The van der Waals surface area contributed by atoms with Gasteiger partial charge in [0.15, 0.2) is 0 Å². The number of carbonyl (C=O) groups is 2. The summed E-state index contributed by atoms with van der Waals surface area (Å²) in [6, 6.07) is 13.4. The fourth-order valence-electron chi connectivity index (χ4n) is 3.27. The van der Waals surface area contributed by atoms with Gasteiger partial charge in [0, 0.05) is 10.8 Å². The Labute approximate surface area is 166 Å².